The molecule has 2 unspecified atom stereocenters. The maximum Gasteiger partial charge on any atom is 0.0101 e. The average molecular weight is 323 g/mol. The van der Waals surface area contributed by atoms with Gasteiger partial charge in [-0.1, -0.05) is 66.2 Å². The first-order chi connectivity index (χ1) is 10.8. The van der Waals surface area contributed by atoms with Crippen molar-refractivity contribution in [1.29, 1.82) is 0 Å². The van der Waals surface area contributed by atoms with E-state index < -0.39 is 0 Å². The zero-order valence-corrected chi connectivity index (χ0v) is 16.4. The molecule has 1 heterocycles. The van der Waals surface area contributed by atoms with Crippen molar-refractivity contribution in [3.63, 3.8) is 0 Å². The third-order valence-electron chi connectivity index (χ3n) is 6.18. The summed E-state index contributed by atoms with van der Waals surface area (Å²) in [5, 5.41) is 0. The summed E-state index contributed by atoms with van der Waals surface area (Å²) in [5.41, 5.74) is 7.21. The highest BCUT2D eigenvalue weighted by Crippen LogP contribution is 2.36. The number of nitrogens with zero attached hydrogens (tertiary/aromatic N) is 1. The van der Waals surface area contributed by atoms with Crippen molar-refractivity contribution in [1.82, 2.24) is 4.90 Å². The van der Waals surface area contributed by atoms with E-state index in [9.17, 15) is 0 Å². The highest BCUT2D eigenvalue weighted by Gasteiger charge is 2.34. The van der Waals surface area contributed by atoms with Crippen LogP contribution in [0, 0.1) is 10.8 Å². The molecule has 2 aliphatic rings. The lowest BCUT2D eigenvalue weighted by atomic mass is 9.79. The summed E-state index contributed by atoms with van der Waals surface area (Å²) in [5.74, 6) is 0. The van der Waals surface area contributed by atoms with Crippen LogP contribution < -0.4 is 5.73 Å². The third kappa shape index (κ3) is 6.74. The van der Waals surface area contributed by atoms with Gasteiger partial charge in [0.1, 0.15) is 0 Å². The summed E-state index contributed by atoms with van der Waals surface area (Å²) >= 11 is 0. The molecule has 2 rings (SSSR count). The van der Waals surface area contributed by atoms with Crippen LogP contribution in [0.3, 0.4) is 0 Å². The maximum absolute atomic E-state index is 6.35. The average Bonchev–Trinajstić information content (AvgIpc) is 2.59. The number of nitrogens with two attached hydrogens (primary N) is 1. The summed E-state index contributed by atoms with van der Waals surface area (Å²) < 4.78 is 0. The molecule has 0 radical (unpaired) electrons. The molecule has 0 amide bonds. The van der Waals surface area contributed by atoms with Gasteiger partial charge in [0.2, 0.25) is 0 Å². The Labute approximate surface area is 145 Å². The Morgan fingerprint density at radius 2 is 1.43 bits per heavy atom. The van der Waals surface area contributed by atoms with E-state index in [1.54, 1.807) is 0 Å². The summed E-state index contributed by atoms with van der Waals surface area (Å²) in [6, 6.07) is 1.17. The second-order valence-electron chi connectivity index (χ2n) is 10.1. The molecule has 0 aromatic rings. The van der Waals surface area contributed by atoms with Gasteiger partial charge < -0.3 is 5.73 Å². The summed E-state index contributed by atoms with van der Waals surface area (Å²) in [4.78, 5) is 2.83. The fourth-order valence-electron chi connectivity index (χ4n) is 4.99. The smallest absolute Gasteiger partial charge is 0.0101 e. The predicted molar refractivity (Wildman–Crippen MR) is 102 cm³/mol. The molecule has 0 aromatic heterocycles. The molecule has 136 valence electrons. The van der Waals surface area contributed by atoms with Crippen molar-refractivity contribution in [3.05, 3.63) is 0 Å². The minimum absolute atomic E-state index is 0.367. The van der Waals surface area contributed by atoms with Crippen LogP contribution in [0.15, 0.2) is 0 Å². The summed E-state index contributed by atoms with van der Waals surface area (Å²) in [6.07, 6.45) is 15.2. The van der Waals surface area contributed by atoms with Crippen LogP contribution in [-0.4, -0.2) is 30.1 Å². The Balaban J connectivity index is 2.07. The molecule has 2 nitrogen and oxygen atoms in total. The Hall–Kier alpha value is -0.0800. The molecule has 2 heteroatoms. The maximum atomic E-state index is 6.35. The van der Waals surface area contributed by atoms with Crippen molar-refractivity contribution in [2.75, 3.05) is 13.1 Å². The van der Waals surface area contributed by atoms with E-state index >= 15 is 0 Å². The molecular formula is C21H42N2. The van der Waals surface area contributed by atoms with E-state index in [1.807, 2.05) is 0 Å². The number of rotatable bonds is 1. The highest BCUT2D eigenvalue weighted by molar-refractivity contribution is 4.89. The van der Waals surface area contributed by atoms with Gasteiger partial charge in [0.25, 0.3) is 0 Å². The standard InChI is InChI=1S/C21H42N2/c1-20(2)13-10-8-6-5-7-9-11-19(16-20)23-14-12-18(22)15-21(3,4)17-23/h18-19H,5-17,22H2,1-4H3. The Bertz CT molecular complexity index is 348. The molecule has 2 atom stereocenters. The quantitative estimate of drug-likeness (QED) is 0.704. The lowest BCUT2D eigenvalue weighted by Crippen LogP contribution is -2.42. The van der Waals surface area contributed by atoms with Crippen molar-refractivity contribution in [2.24, 2.45) is 16.6 Å². The van der Waals surface area contributed by atoms with Gasteiger partial charge >= 0.3 is 0 Å². The number of likely N-dealkylation sites (tertiary alicyclic amines) is 1. The molecule has 1 aliphatic carbocycles. The van der Waals surface area contributed by atoms with Crippen LogP contribution in [0.5, 0.6) is 0 Å². The van der Waals surface area contributed by atoms with E-state index in [4.69, 9.17) is 5.73 Å². The van der Waals surface area contributed by atoms with Crippen LogP contribution >= 0.6 is 0 Å². The SMILES string of the molecule is CC1(C)CCCCCCCCC(N2CCC(N)CC(C)(C)C2)C1. The third-order valence-corrected chi connectivity index (χ3v) is 6.18. The van der Waals surface area contributed by atoms with E-state index in [0.29, 0.717) is 16.9 Å². The van der Waals surface area contributed by atoms with Crippen LogP contribution in [-0.2, 0) is 0 Å². The molecule has 1 saturated carbocycles. The van der Waals surface area contributed by atoms with Crippen molar-refractivity contribution < 1.29 is 0 Å². The summed E-state index contributed by atoms with van der Waals surface area (Å²) in [6.45, 7) is 12.3. The fraction of sp³-hybridized carbons (Fsp3) is 1.00. The van der Waals surface area contributed by atoms with Crippen LogP contribution in [0.25, 0.3) is 0 Å². The van der Waals surface area contributed by atoms with Gasteiger partial charge in [-0.25, -0.2) is 0 Å². The molecule has 0 aromatic carbocycles. The highest BCUT2D eigenvalue weighted by atomic mass is 15.2. The van der Waals surface area contributed by atoms with Crippen molar-refractivity contribution >= 4 is 0 Å². The Morgan fingerprint density at radius 1 is 0.783 bits per heavy atom. The molecular weight excluding hydrogens is 280 g/mol. The fourth-order valence-corrected chi connectivity index (χ4v) is 4.99. The molecule has 2 N–H and O–H groups in total. The molecule has 0 bridgehead atoms. The minimum atomic E-state index is 0.367. The van der Waals surface area contributed by atoms with Crippen molar-refractivity contribution in [2.45, 2.75) is 110 Å². The van der Waals surface area contributed by atoms with E-state index in [2.05, 4.69) is 32.6 Å². The van der Waals surface area contributed by atoms with E-state index in [1.165, 1.54) is 83.7 Å². The second kappa shape index (κ2) is 8.34. The molecule has 23 heavy (non-hydrogen) atoms. The van der Waals surface area contributed by atoms with Crippen molar-refractivity contribution in [3.8, 4) is 0 Å². The predicted octanol–water partition coefficient (Wildman–Crippen LogP) is 5.36. The summed E-state index contributed by atoms with van der Waals surface area (Å²) in [7, 11) is 0. The topological polar surface area (TPSA) is 29.3 Å². The normalized spacial score (nSPS) is 34.3. The molecule has 0 spiro atoms. The van der Waals surface area contributed by atoms with Gasteiger partial charge in [-0.3, -0.25) is 4.90 Å². The van der Waals surface area contributed by atoms with E-state index in [0.717, 1.165) is 6.04 Å². The Kier molecular flexibility index (Phi) is 6.98. The zero-order valence-electron chi connectivity index (χ0n) is 16.4. The van der Waals surface area contributed by atoms with Gasteiger partial charge in [-0.2, -0.15) is 0 Å². The zero-order chi connectivity index (χ0) is 16.9. The lowest BCUT2D eigenvalue weighted by Gasteiger charge is -2.39. The number of hydrogen-bond donors (Lipinski definition) is 1. The lowest BCUT2D eigenvalue weighted by molar-refractivity contribution is 0.0967. The second-order valence-corrected chi connectivity index (χ2v) is 10.1. The van der Waals surface area contributed by atoms with Gasteiger partial charge in [0.05, 0.1) is 0 Å². The first-order valence-corrected chi connectivity index (χ1v) is 10.3. The Morgan fingerprint density at radius 3 is 2.17 bits per heavy atom. The molecule has 1 saturated heterocycles. The number of hydrogen-bond acceptors (Lipinski definition) is 2. The van der Waals surface area contributed by atoms with Gasteiger partial charge in [0, 0.05) is 18.6 Å². The van der Waals surface area contributed by atoms with Gasteiger partial charge in [-0.15, -0.1) is 0 Å². The van der Waals surface area contributed by atoms with Crippen LogP contribution in [0.4, 0.5) is 0 Å². The molecule has 1 aliphatic heterocycles. The van der Waals surface area contributed by atoms with Crippen LogP contribution in [0.2, 0.25) is 0 Å². The van der Waals surface area contributed by atoms with Gasteiger partial charge in [0.15, 0.2) is 0 Å². The monoisotopic (exact) mass is 322 g/mol. The first-order valence-electron chi connectivity index (χ1n) is 10.3. The first kappa shape index (κ1) is 19.2. The van der Waals surface area contributed by atoms with Crippen LogP contribution in [0.1, 0.15) is 98.3 Å². The largest absolute Gasteiger partial charge is 0.328 e. The molecule has 2 fully saturated rings. The minimum Gasteiger partial charge on any atom is -0.328 e. The van der Waals surface area contributed by atoms with E-state index in [-0.39, 0.29) is 0 Å². The van der Waals surface area contributed by atoms with Gasteiger partial charge in [-0.05, 0) is 49.5 Å².